The molecule has 2 amide bonds. The summed E-state index contributed by atoms with van der Waals surface area (Å²) in [5, 5.41) is 5.66. The first kappa shape index (κ1) is 18.8. The summed E-state index contributed by atoms with van der Waals surface area (Å²) in [6.07, 6.45) is 1.56. The number of thioether (sulfide) groups is 1. The molecular weight excluding hydrogens is 360 g/mol. The second-order valence-electron chi connectivity index (χ2n) is 5.69. The van der Waals surface area contributed by atoms with E-state index in [4.69, 9.17) is 4.42 Å². The molecular formula is C21H20N2O3S. The third-order valence-corrected chi connectivity index (χ3v) is 4.81. The number of benzene rings is 2. The van der Waals surface area contributed by atoms with E-state index in [1.807, 2.05) is 25.1 Å². The SMILES string of the molecule is CCSc1ccccc1C(=O)Nc1ccccc1C(=O)NCc1ccco1. The molecule has 0 saturated carbocycles. The van der Waals surface area contributed by atoms with Crippen molar-refractivity contribution in [1.29, 1.82) is 0 Å². The zero-order chi connectivity index (χ0) is 19.1. The molecule has 6 heteroatoms. The number of para-hydroxylation sites is 1. The van der Waals surface area contributed by atoms with Gasteiger partial charge in [-0.25, -0.2) is 0 Å². The van der Waals surface area contributed by atoms with Crippen molar-refractivity contribution in [3.8, 4) is 0 Å². The van der Waals surface area contributed by atoms with E-state index < -0.39 is 0 Å². The monoisotopic (exact) mass is 380 g/mol. The number of carbonyl (C=O) groups excluding carboxylic acids is 2. The number of furan rings is 1. The van der Waals surface area contributed by atoms with Crippen LogP contribution in [-0.2, 0) is 6.54 Å². The van der Waals surface area contributed by atoms with Gasteiger partial charge >= 0.3 is 0 Å². The molecule has 138 valence electrons. The Bertz CT molecular complexity index is 923. The van der Waals surface area contributed by atoms with Crippen molar-refractivity contribution in [2.75, 3.05) is 11.1 Å². The largest absolute Gasteiger partial charge is 0.467 e. The first-order valence-corrected chi connectivity index (χ1v) is 9.60. The molecule has 0 atom stereocenters. The van der Waals surface area contributed by atoms with Crippen molar-refractivity contribution in [3.63, 3.8) is 0 Å². The molecule has 2 aromatic carbocycles. The fourth-order valence-corrected chi connectivity index (χ4v) is 3.39. The average molecular weight is 380 g/mol. The van der Waals surface area contributed by atoms with Crippen LogP contribution in [0.2, 0.25) is 0 Å². The number of anilines is 1. The van der Waals surface area contributed by atoms with Gasteiger partial charge in [0, 0.05) is 4.90 Å². The van der Waals surface area contributed by atoms with Gasteiger partial charge in [-0.15, -0.1) is 11.8 Å². The summed E-state index contributed by atoms with van der Waals surface area (Å²) in [6.45, 7) is 2.32. The molecule has 0 radical (unpaired) electrons. The van der Waals surface area contributed by atoms with Gasteiger partial charge in [0.2, 0.25) is 0 Å². The molecule has 0 bridgehead atoms. The zero-order valence-corrected chi connectivity index (χ0v) is 15.7. The Labute approximate surface area is 162 Å². The summed E-state index contributed by atoms with van der Waals surface area (Å²) in [7, 11) is 0. The van der Waals surface area contributed by atoms with Crippen molar-refractivity contribution >= 4 is 29.3 Å². The fraction of sp³-hybridized carbons (Fsp3) is 0.143. The van der Waals surface area contributed by atoms with E-state index in [0.717, 1.165) is 10.6 Å². The molecule has 0 unspecified atom stereocenters. The minimum Gasteiger partial charge on any atom is -0.467 e. The van der Waals surface area contributed by atoms with E-state index in [2.05, 4.69) is 10.6 Å². The van der Waals surface area contributed by atoms with Gasteiger partial charge in [-0.2, -0.15) is 0 Å². The second kappa shape index (κ2) is 9.09. The molecule has 0 fully saturated rings. The lowest BCUT2D eigenvalue weighted by molar-refractivity contribution is 0.0949. The van der Waals surface area contributed by atoms with Gasteiger partial charge in [0.1, 0.15) is 5.76 Å². The van der Waals surface area contributed by atoms with Gasteiger partial charge in [0.05, 0.1) is 29.6 Å². The van der Waals surface area contributed by atoms with Crippen molar-refractivity contribution in [3.05, 3.63) is 83.8 Å². The first-order valence-electron chi connectivity index (χ1n) is 8.62. The van der Waals surface area contributed by atoms with Gasteiger partial charge in [0.15, 0.2) is 0 Å². The van der Waals surface area contributed by atoms with E-state index in [-0.39, 0.29) is 18.4 Å². The van der Waals surface area contributed by atoms with Crippen LogP contribution in [0, 0.1) is 0 Å². The van der Waals surface area contributed by atoms with Gasteiger partial charge < -0.3 is 15.1 Å². The maximum Gasteiger partial charge on any atom is 0.256 e. The molecule has 0 saturated heterocycles. The zero-order valence-electron chi connectivity index (χ0n) is 14.9. The minimum atomic E-state index is -0.279. The average Bonchev–Trinajstić information content (AvgIpc) is 3.21. The van der Waals surface area contributed by atoms with Gasteiger partial charge in [-0.05, 0) is 42.2 Å². The molecule has 0 aliphatic rings. The predicted molar refractivity (Wildman–Crippen MR) is 107 cm³/mol. The van der Waals surface area contributed by atoms with Crippen LogP contribution in [0.3, 0.4) is 0 Å². The van der Waals surface area contributed by atoms with Crippen LogP contribution in [-0.4, -0.2) is 17.6 Å². The van der Waals surface area contributed by atoms with Gasteiger partial charge in [0.25, 0.3) is 11.8 Å². The number of hydrogen-bond acceptors (Lipinski definition) is 4. The number of nitrogens with one attached hydrogen (secondary N) is 2. The lowest BCUT2D eigenvalue weighted by atomic mass is 10.1. The molecule has 0 spiro atoms. The van der Waals surface area contributed by atoms with E-state index in [1.54, 1.807) is 60.5 Å². The summed E-state index contributed by atoms with van der Waals surface area (Å²) in [4.78, 5) is 26.2. The molecule has 1 heterocycles. The number of carbonyl (C=O) groups is 2. The Morgan fingerprint density at radius 1 is 0.926 bits per heavy atom. The van der Waals surface area contributed by atoms with Gasteiger partial charge in [-0.3, -0.25) is 9.59 Å². The predicted octanol–water partition coefficient (Wildman–Crippen LogP) is 4.57. The number of rotatable bonds is 7. The van der Waals surface area contributed by atoms with Crippen molar-refractivity contribution in [2.24, 2.45) is 0 Å². The van der Waals surface area contributed by atoms with Crippen molar-refractivity contribution in [2.45, 2.75) is 18.4 Å². The number of hydrogen-bond donors (Lipinski definition) is 2. The third-order valence-electron chi connectivity index (χ3n) is 3.85. The van der Waals surface area contributed by atoms with Crippen LogP contribution < -0.4 is 10.6 Å². The van der Waals surface area contributed by atoms with Crippen molar-refractivity contribution < 1.29 is 14.0 Å². The molecule has 0 aliphatic heterocycles. The summed E-state index contributed by atoms with van der Waals surface area (Å²) in [6, 6.07) is 17.9. The topological polar surface area (TPSA) is 71.3 Å². The summed E-state index contributed by atoms with van der Waals surface area (Å²) in [5.41, 5.74) is 1.46. The molecule has 1 aromatic heterocycles. The van der Waals surface area contributed by atoms with Crippen LogP contribution in [0.1, 0.15) is 33.4 Å². The Hall–Kier alpha value is -2.99. The minimum absolute atomic E-state index is 0.238. The highest BCUT2D eigenvalue weighted by Gasteiger charge is 2.16. The maximum absolute atomic E-state index is 12.8. The fourth-order valence-electron chi connectivity index (χ4n) is 2.59. The summed E-state index contributed by atoms with van der Waals surface area (Å²) >= 11 is 1.61. The highest BCUT2D eigenvalue weighted by molar-refractivity contribution is 7.99. The van der Waals surface area contributed by atoms with E-state index >= 15 is 0 Å². The van der Waals surface area contributed by atoms with Crippen LogP contribution in [0.15, 0.2) is 76.2 Å². The quantitative estimate of drug-likeness (QED) is 0.589. The Morgan fingerprint density at radius 3 is 2.41 bits per heavy atom. The Morgan fingerprint density at radius 2 is 1.67 bits per heavy atom. The summed E-state index contributed by atoms with van der Waals surface area (Å²) < 4.78 is 5.22. The molecule has 0 aliphatic carbocycles. The van der Waals surface area contributed by atoms with Gasteiger partial charge in [-0.1, -0.05) is 31.2 Å². The molecule has 27 heavy (non-hydrogen) atoms. The first-order chi connectivity index (χ1) is 13.2. The van der Waals surface area contributed by atoms with Crippen LogP contribution in [0.4, 0.5) is 5.69 Å². The molecule has 3 aromatic rings. The Balaban J connectivity index is 1.76. The van der Waals surface area contributed by atoms with Crippen LogP contribution >= 0.6 is 11.8 Å². The van der Waals surface area contributed by atoms with E-state index in [1.165, 1.54) is 0 Å². The standard InChI is InChI=1S/C21H20N2O3S/c1-2-27-19-12-6-4-10-17(19)21(25)23-18-11-5-3-9-16(18)20(24)22-14-15-8-7-13-26-15/h3-13H,2,14H2,1H3,(H,22,24)(H,23,25). The highest BCUT2D eigenvalue weighted by Crippen LogP contribution is 2.24. The third kappa shape index (κ3) is 4.80. The van der Waals surface area contributed by atoms with Crippen LogP contribution in [0.5, 0.6) is 0 Å². The Kier molecular flexibility index (Phi) is 6.33. The summed E-state index contributed by atoms with van der Waals surface area (Å²) in [5.74, 6) is 1.02. The van der Waals surface area contributed by atoms with Crippen molar-refractivity contribution in [1.82, 2.24) is 5.32 Å². The van der Waals surface area contributed by atoms with Crippen LogP contribution in [0.25, 0.3) is 0 Å². The lowest BCUT2D eigenvalue weighted by Gasteiger charge is -2.13. The normalized spacial score (nSPS) is 10.4. The maximum atomic E-state index is 12.8. The smallest absolute Gasteiger partial charge is 0.256 e. The second-order valence-corrected chi connectivity index (χ2v) is 7.00. The lowest BCUT2D eigenvalue weighted by Crippen LogP contribution is -2.24. The highest BCUT2D eigenvalue weighted by atomic mass is 32.2. The van der Waals surface area contributed by atoms with E-state index in [9.17, 15) is 9.59 Å². The number of amides is 2. The molecule has 2 N–H and O–H groups in total. The molecule has 5 nitrogen and oxygen atoms in total. The van der Waals surface area contributed by atoms with E-state index in [0.29, 0.717) is 22.6 Å². The molecule has 3 rings (SSSR count).